The lowest BCUT2D eigenvalue weighted by Gasteiger charge is -2.15. The van der Waals surface area contributed by atoms with Gasteiger partial charge in [0, 0.05) is 12.6 Å². The number of nitriles is 1. The molecule has 0 radical (unpaired) electrons. The van der Waals surface area contributed by atoms with E-state index < -0.39 is 0 Å². The molecule has 1 N–H and O–H groups in total. The van der Waals surface area contributed by atoms with Gasteiger partial charge in [0.05, 0.1) is 18.2 Å². The molecule has 0 amide bonds. The van der Waals surface area contributed by atoms with Crippen LogP contribution in [0.2, 0.25) is 0 Å². The van der Waals surface area contributed by atoms with Gasteiger partial charge < -0.3 is 5.32 Å². The van der Waals surface area contributed by atoms with Gasteiger partial charge in [0.25, 0.3) is 0 Å². The number of nitrogens with one attached hydrogen (secondary N) is 1. The Labute approximate surface area is 141 Å². The van der Waals surface area contributed by atoms with Gasteiger partial charge in [-0.15, -0.1) is 0 Å². The van der Waals surface area contributed by atoms with Gasteiger partial charge in [0.15, 0.2) is 0 Å². The van der Waals surface area contributed by atoms with Crippen LogP contribution in [0.25, 0.3) is 0 Å². The van der Waals surface area contributed by atoms with E-state index in [0.29, 0.717) is 12.1 Å². The Balaban J connectivity index is 1.62. The van der Waals surface area contributed by atoms with Crippen molar-refractivity contribution in [2.45, 2.75) is 26.1 Å². The minimum absolute atomic E-state index is 0.178. The van der Waals surface area contributed by atoms with Crippen molar-refractivity contribution in [3.63, 3.8) is 0 Å². The summed E-state index contributed by atoms with van der Waals surface area (Å²) in [5, 5.41) is 16.6. The van der Waals surface area contributed by atoms with Crippen LogP contribution >= 0.6 is 0 Å². The number of rotatable bonds is 6. The van der Waals surface area contributed by atoms with Crippen molar-refractivity contribution in [1.29, 1.82) is 5.26 Å². The summed E-state index contributed by atoms with van der Waals surface area (Å²) in [5.74, 6) is 0. The maximum absolute atomic E-state index is 9.01. The smallest absolute Gasteiger partial charge is 0.137 e. The van der Waals surface area contributed by atoms with Crippen molar-refractivity contribution in [1.82, 2.24) is 20.1 Å². The van der Waals surface area contributed by atoms with Crippen LogP contribution in [-0.2, 0) is 13.1 Å². The molecule has 5 nitrogen and oxygen atoms in total. The van der Waals surface area contributed by atoms with Crippen LogP contribution in [-0.4, -0.2) is 14.8 Å². The summed E-state index contributed by atoms with van der Waals surface area (Å²) in [6.45, 7) is 3.59. The lowest BCUT2D eigenvalue weighted by molar-refractivity contribution is 0.574. The molecule has 0 bridgehead atoms. The molecular formula is C19H19N5. The van der Waals surface area contributed by atoms with Crippen molar-refractivity contribution < 1.29 is 0 Å². The average Bonchev–Trinajstić information content (AvgIpc) is 3.13. The Morgan fingerprint density at radius 3 is 2.79 bits per heavy atom. The number of benzene rings is 2. The molecule has 0 aliphatic rings. The van der Waals surface area contributed by atoms with E-state index in [2.05, 4.69) is 52.7 Å². The largest absolute Gasteiger partial charge is 0.306 e. The van der Waals surface area contributed by atoms with Crippen molar-refractivity contribution >= 4 is 0 Å². The molecule has 24 heavy (non-hydrogen) atoms. The van der Waals surface area contributed by atoms with Crippen LogP contribution in [0.5, 0.6) is 0 Å². The highest BCUT2D eigenvalue weighted by molar-refractivity contribution is 5.34. The predicted molar refractivity (Wildman–Crippen MR) is 92.0 cm³/mol. The molecule has 0 saturated carbocycles. The predicted octanol–water partition coefficient (Wildman–Crippen LogP) is 3.05. The Morgan fingerprint density at radius 1 is 1.17 bits per heavy atom. The topological polar surface area (TPSA) is 66.5 Å². The summed E-state index contributed by atoms with van der Waals surface area (Å²) < 4.78 is 1.81. The zero-order chi connectivity index (χ0) is 16.8. The molecule has 0 fully saturated rings. The van der Waals surface area contributed by atoms with Crippen LogP contribution in [0.4, 0.5) is 0 Å². The molecule has 3 aromatic rings. The van der Waals surface area contributed by atoms with E-state index in [9.17, 15) is 0 Å². The SMILES string of the molecule is C[C@H](NCc1cccc(Cn2cncn2)c1)c1cccc(C#N)c1. The first kappa shape index (κ1) is 15.9. The molecule has 5 heteroatoms. The molecule has 120 valence electrons. The standard InChI is InChI=1S/C19H19N5/c1-15(19-7-3-4-16(9-19)10-20)22-11-17-5-2-6-18(8-17)12-24-14-21-13-23-24/h2-9,13-15,22H,11-12H2,1H3/t15-/m0/s1. The van der Waals surface area contributed by atoms with Gasteiger partial charge in [-0.25, -0.2) is 9.67 Å². The molecule has 1 heterocycles. The summed E-state index contributed by atoms with van der Waals surface area (Å²) in [6.07, 6.45) is 3.26. The van der Waals surface area contributed by atoms with E-state index in [1.807, 2.05) is 28.9 Å². The maximum Gasteiger partial charge on any atom is 0.137 e. The summed E-state index contributed by atoms with van der Waals surface area (Å²) in [7, 11) is 0. The van der Waals surface area contributed by atoms with Gasteiger partial charge in [0.1, 0.15) is 12.7 Å². The van der Waals surface area contributed by atoms with E-state index in [0.717, 1.165) is 12.1 Å². The molecule has 1 atom stereocenters. The Bertz CT molecular complexity index is 833. The molecule has 0 unspecified atom stereocenters. The first-order valence-corrected chi connectivity index (χ1v) is 7.88. The zero-order valence-corrected chi connectivity index (χ0v) is 13.6. The lowest BCUT2D eigenvalue weighted by Crippen LogP contribution is -2.18. The third-order valence-corrected chi connectivity index (χ3v) is 3.93. The van der Waals surface area contributed by atoms with Gasteiger partial charge in [-0.05, 0) is 35.7 Å². The summed E-state index contributed by atoms with van der Waals surface area (Å²) >= 11 is 0. The molecule has 0 saturated heterocycles. The summed E-state index contributed by atoms with van der Waals surface area (Å²) in [4.78, 5) is 3.96. The van der Waals surface area contributed by atoms with Crippen LogP contribution in [0.15, 0.2) is 61.2 Å². The van der Waals surface area contributed by atoms with E-state index >= 15 is 0 Å². The van der Waals surface area contributed by atoms with Crippen LogP contribution in [0.1, 0.15) is 35.2 Å². The second kappa shape index (κ2) is 7.53. The molecule has 2 aromatic carbocycles. The van der Waals surface area contributed by atoms with Crippen molar-refractivity contribution in [3.05, 3.63) is 83.4 Å². The highest BCUT2D eigenvalue weighted by Gasteiger charge is 2.06. The van der Waals surface area contributed by atoms with Crippen LogP contribution in [0.3, 0.4) is 0 Å². The van der Waals surface area contributed by atoms with Crippen molar-refractivity contribution in [2.24, 2.45) is 0 Å². The summed E-state index contributed by atoms with van der Waals surface area (Å²) in [6, 6.07) is 18.5. The molecular weight excluding hydrogens is 298 g/mol. The van der Waals surface area contributed by atoms with Crippen molar-refractivity contribution in [2.75, 3.05) is 0 Å². The second-order valence-corrected chi connectivity index (χ2v) is 5.75. The molecule has 3 rings (SSSR count). The van der Waals surface area contributed by atoms with E-state index in [4.69, 9.17) is 5.26 Å². The Morgan fingerprint density at radius 2 is 2.00 bits per heavy atom. The van der Waals surface area contributed by atoms with Gasteiger partial charge in [-0.3, -0.25) is 0 Å². The van der Waals surface area contributed by atoms with Crippen LogP contribution in [0, 0.1) is 11.3 Å². The number of aromatic nitrogens is 3. The molecule has 0 aliphatic heterocycles. The number of hydrogen-bond acceptors (Lipinski definition) is 4. The third kappa shape index (κ3) is 4.06. The van der Waals surface area contributed by atoms with Crippen LogP contribution < -0.4 is 5.32 Å². The van der Waals surface area contributed by atoms with E-state index in [1.54, 1.807) is 12.7 Å². The number of nitrogens with zero attached hydrogens (tertiary/aromatic N) is 4. The second-order valence-electron chi connectivity index (χ2n) is 5.75. The highest BCUT2D eigenvalue weighted by Crippen LogP contribution is 2.15. The fourth-order valence-electron chi connectivity index (χ4n) is 2.61. The van der Waals surface area contributed by atoms with Gasteiger partial charge in [-0.2, -0.15) is 10.4 Å². The highest BCUT2D eigenvalue weighted by atomic mass is 15.3. The first-order chi connectivity index (χ1) is 11.7. The molecule has 0 spiro atoms. The zero-order valence-electron chi connectivity index (χ0n) is 13.6. The normalized spacial score (nSPS) is 11.8. The molecule has 0 aliphatic carbocycles. The lowest BCUT2D eigenvalue weighted by atomic mass is 10.0. The van der Waals surface area contributed by atoms with Crippen molar-refractivity contribution in [3.8, 4) is 6.07 Å². The van der Waals surface area contributed by atoms with Gasteiger partial charge >= 0.3 is 0 Å². The third-order valence-electron chi connectivity index (χ3n) is 3.93. The minimum Gasteiger partial charge on any atom is -0.306 e. The summed E-state index contributed by atoms with van der Waals surface area (Å²) in [5.41, 5.74) is 4.22. The van der Waals surface area contributed by atoms with E-state index in [-0.39, 0.29) is 6.04 Å². The average molecular weight is 317 g/mol. The Hall–Kier alpha value is -2.97. The van der Waals surface area contributed by atoms with Gasteiger partial charge in [0.2, 0.25) is 0 Å². The van der Waals surface area contributed by atoms with E-state index in [1.165, 1.54) is 11.1 Å². The minimum atomic E-state index is 0.178. The fourth-order valence-corrected chi connectivity index (χ4v) is 2.61. The monoisotopic (exact) mass is 317 g/mol. The fraction of sp³-hybridized carbons (Fsp3) is 0.211. The maximum atomic E-state index is 9.01. The quantitative estimate of drug-likeness (QED) is 0.759. The number of hydrogen-bond donors (Lipinski definition) is 1. The van der Waals surface area contributed by atoms with Gasteiger partial charge in [-0.1, -0.05) is 36.4 Å². The first-order valence-electron chi connectivity index (χ1n) is 7.88. The Kier molecular flexibility index (Phi) is 4.99. The molecule has 1 aromatic heterocycles.